The van der Waals surface area contributed by atoms with E-state index in [-0.39, 0.29) is 5.91 Å². The van der Waals surface area contributed by atoms with E-state index in [1.165, 1.54) is 11.3 Å². The van der Waals surface area contributed by atoms with Gasteiger partial charge in [-0.05, 0) is 19.8 Å². The van der Waals surface area contributed by atoms with E-state index in [0.717, 1.165) is 17.7 Å². The third kappa shape index (κ3) is 2.29. The predicted octanol–water partition coefficient (Wildman–Crippen LogP) is 1.33. The molecule has 2 fully saturated rings. The van der Waals surface area contributed by atoms with Crippen LogP contribution in [0.15, 0.2) is 11.6 Å². The average molecular weight is 308 g/mol. The van der Waals surface area contributed by atoms with Gasteiger partial charge >= 0.3 is 6.03 Å². The Labute approximate surface area is 125 Å². The first kappa shape index (κ1) is 14.0. The Morgan fingerprint density at radius 2 is 2.19 bits per heavy atom. The molecule has 21 heavy (non-hydrogen) atoms. The van der Waals surface area contributed by atoms with Gasteiger partial charge in [0.2, 0.25) is 5.91 Å². The topological polar surface area (TPSA) is 91.4 Å². The maximum absolute atomic E-state index is 12.5. The van der Waals surface area contributed by atoms with Crippen LogP contribution in [0.25, 0.3) is 0 Å². The average Bonchev–Trinajstić information content (AvgIpc) is 3.14. The van der Waals surface area contributed by atoms with Gasteiger partial charge in [-0.2, -0.15) is 0 Å². The number of carbonyl (C=O) groups is 3. The van der Waals surface area contributed by atoms with Gasteiger partial charge in [0.25, 0.3) is 5.91 Å². The number of rotatable bonds is 3. The molecule has 1 aromatic heterocycles. The van der Waals surface area contributed by atoms with Gasteiger partial charge in [0.1, 0.15) is 11.6 Å². The zero-order chi connectivity index (χ0) is 15.0. The summed E-state index contributed by atoms with van der Waals surface area (Å²) in [5.41, 5.74) is -0.785. The van der Waals surface area contributed by atoms with Crippen LogP contribution in [0.1, 0.15) is 32.6 Å². The Kier molecular flexibility index (Phi) is 3.40. The van der Waals surface area contributed by atoms with Crippen molar-refractivity contribution < 1.29 is 14.4 Å². The molecule has 2 heterocycles. The minimum atomic E-state index is -0.860. The maximum atomic E-state index is 12.5. The van der Waals surface area contributed by atoms with Gasteiger partial charge in [0.05, 0.1) is 0 Å². The molecule has 1 aliphatic heterocycles. The fourth-order valence-corrected chi connectivity index (χ4v) is 3.45. The summed E-state index contributed by atoms with van der Waals surface area (Å²) >= 11 is 1.28. The molecule has 1 spiro atoms. The van der Waals surface area contributed by atoms with Crippen molar-refractivity contribution in [3.63, 3.8) is 0 Å². The summed E-state index contributed by atoms with van der Waals surface area (Å²) in [5, 5.41) is 7.57. The van der Waals surface area contributed by atoms with Crippen LogP contribution in [-0.2, 0) is 9.59 Å². The lowest BCUT2D eigenvalue weighted by molar-refractivity contribution is -0.136. The number of imide groups is 1. The number of hydrogen-bond donors (Lipinski definition) is 2. The summed E-state index contributed by atoms with van der Waals surface area (Å²) in [6.45, 7) is 1.55. The van der Waals surface area contributed by atoms with E-state index in [1.54, 1.807) is 18.5 Å². The molecule has 1 saturated heterocycles. The highest BCUT2D eigenvalue weighted by Crippen LogP contribution is 2.35. The third-order valence-electron chi connectivity index (χ3n) is 4.08. The number of amides is 4. The molecule has 0 bridgehead atoms. The number of hydrogen-bond acceptors (Lipinski definition) is 5. The largest absolute Gasteiger partial charge is 0.325 e. The zero-order valence-electron chi connectivity index (χ0n) is 11.6. The van der Waals surface area contributed by atoms with Gasteiger partial charge in [-0.1, -0.05) is 12.8 Å². The van der Waals surface area contributed by atoms with E-state index in [0.29, 0.717) is 18.0 Å². The Morgan fingerprint density at radius 3 is 2.81 bits per heavy atom. The molecule has 7 nitrogen and oxygen atoms in total. The van der Waals surface area contributed by atoms with Crippen LogP contribution >= 0.6 is 11.3 Å². The molecular weight excluding hydrogens is 292 g/mol. The minimum absolute atomic E-state index is 0.285. The Hall–Kier alpha value is -1.96. The van der Waals surface area contributed by atoms with Crippen molar-refractivity contribution in [2.75, 3.05) is 5.32 Å². The van der Waals surface area contributed by atoms with Gasteiger partial charge in [-0.3, -0.25) is 9.59 Å². The van der Waals surface area contributed by atoms with E-state index in [4.69, 9.17) is 0 Å². The van der Waals surface area contributed by atoms with Crippen LogP contribution in [-0.4, -0.2) is 39.3 Å². The summed E-state index contributed by atoms with van der Waals surface area (Å²) < 4.78 is 0. The smallest absolute Gasteiger partial charge is 0.323 e. The van der Waals surface area contributed by atoms with Crippen LogP contribution in [0.5, 0.6) is 0 Å². The van der Waals surface area contributed by atoms with Crippen molar-refractivity contribution in [1.82, 2.24) is 15.2 Å². The lowest BCUT2D eigenvalue weighted by Crippen LogP contribution is -2.48. The van der Waals surface area contributed by atoms with Gasteiger partial charge in [-0.25, -0.2) is 14.7 Å². The number of urea groups is 1. The number of nitrogens with zero attached hydrogens (tertiary/aromatic N) is 2. The van der Waals surface area contributed by atoms with E-state index < -0.39 is 23.5 Å². The van der Waals surface area contributed by atoms with Crippen LogP contribution < -0.4 is 10.6 Å². The van der Waals surface area contributed by atoms with Crippen molar-refractivity contribution in [1.29, 1.82) is 0 Å². The van der Waals surface area contributed by atoms with Crippen molar-refractivity contribution in [3.05, 3.63) is 11.6 Å². The SMILES string of the molecule is CC(C(=O)Nc1nccs1)N1C(=O)NC2(CCCC2)C1=O. The quantitative estimate of drug-likeness (QED) is 0.824. The molecule has 112 valence electrons. The highest BCUT2D eigenvalue weighted by molar-refractivity contribution is 7.13. The number of anilines is 1. The van der Waals surface area contributed by atoms with Gasteiger partial charge in [0.15, 0.2) is 5.13 Å². The molecule has 1 saturated carbocycles. The van der Waals surface area contributed by atoms with Crippen LogP contribution in [0.3, 0.4) is 0 Å². The molecule has 0 aromatic carbocycles. The molecule has 1 aliphatic carbocycles. The van der Waals surface area contributed by atoms with Crippen molar-refractivity contribution in [3.8, 4) is 0 Å². The number of nitrogens with one attached hydrogen (secondary N) is 2. The molecule has 4 amide bonds. The van der Waals surface area contributed by atoms with E-state index in [1.807, 2.05) is 0 Å². The minimum Gasteiger partial charge on any atom is -0.323 e. The molecule has 1 unspecified atom stereocenters. The second kappa shape index (κ2) is 5.10. The molecule has 3 rings (SSSR count). The van der Waals surface area contributed by atoms with Gasteiger partial charge in [0, 0.05) is 11.6 Å². The fraction of sp³-hybridized carbons (Fsp3) is 0.538. The second-order valence-electron chi connectivity index (χ2n) is 5.40. The summed E-state index contributed by atoms with van der Waals surface area (Å²) in [6.07, 6.45) is 4.70. The molecular formula is C13H16N4O3S. The lowest BCUT2D eigenvalue weighted by atomic mass is 9.97. The normalized spacial score (nSPS) is 21.7. The van der Waals surface area contributed by atoms with Gasteiger partial charge in [-0.15, -0.1) is 11.3 Å². The van der Waals surface area contributed by atoms with E-state index >= 15 is 0 Å². The number of aromatic nitrogens is 1. The number of carbonyl (C=O) groups excluding carboxylic acids is 3. The summed E-state index contributed by atoms with van der Waals surface area (Å²) in [5.74, 6) is -0.699. The Morgan fingerprint density at radius 1 is 1.48 bits per heavy atom. The molecule has 8 heteroatoms. The summed E-state index contributed by atoms with van der Waals surface area (Å²) in [6, 6.07) is -1.34. The van der Waals surface area contributed by atoms with Crippen molar-refractivity contribution in [2.24, 2.45) is 0 Å². The van der Waals surface area contributed by atoms with E-state index in [9.17, 15) is 14.4 Å². The van der Waals surface area contributed by atoms with Gasteiger partial charge < -0.3 is 10.6 Å². The van der Waals surface area contributed by atoms with Crippen molar-refractivity contribution >= 4 is 34.3 Å². The van der Waals surface area contributed by atoms with Crippen LogP contribution in [0.2, 0.25) is 0 Å². The molecule has 1 atom stereocenters. The molecule has 1 aromatic rings. The molecule has 2 N–H and O–H groups in total. The summed E-state index contributed by atoms with van der Waals surface area (Å²) in [4.78, 5) is 41.8. The van der Waals surface area contributed by atoms with Crippen molar-refractivity contribution in [2.45, 2.75) is 44.2 Å². The molecule has 2 aliphatic rings. The fourth-order valence-electron chi connectivity index (χ4n) is 2.92. The monoisotopic (exact) mass is 308 g/mol. The first-order valence-corrected chi connectivity index (χ1v) is 7.78. The number of thiazole rings is 1. The maximum Gasteiger partial charge on any atom is 0.325 e. The molecule has 0 radical (unpaired) electrons. The zero-order valence-corrected chi connectivity index (χ0v) is 12.4. The second-order valence-corrected chi connectivity index (χ2v) is 6.29. The van der Waals surface area contributed by atoms with Crippen LogP contribution in [0.4, 0.5) is 9.93 Å². The Balaban J connectivity index is 1.75. The lowest BCUT2D eigenvalue weighted by Gasteiger charge is -2.23. The first-order valence-electron chi connectivity index (χ1n) is 6.90. The van der Waals surface area contributed by atoms with E-state index in [2.05, 4.69) is 15.6 Å². The predicted molar refractivity (Wildman–Crippen MR) is 76.8 cm³/mol. The third-order valence-corrected chi connectivity index (χ3v) is 4.77. The highest BCUT2D eigenvalue weighted by Gasteiger charge is 2.54. The highest BCUT2D eigenvalue weighted by atomic mass is 32.1. The standard InChI is InChI=1S/C13H16N4O3S/c1-8(9(18)15-11-14-6-7-21-11)17-10(19)13(16-12(17)20)4-2-3-5-13/h6-8H,2-5H2,1H3,(H,16,20)(H,14,15,18). The Bertz CT molecular complexity index is 580. The first-order chi connectivity index (χ1) is 10.0. The van der Waals surface area contributed by atoms with Crippen LogP contribution in [0, 0.1) is 0 Å². The summed E-state index contributed by atoms with van der Waals surface area (Å²) in [7, 11) is 0.